The summed E-state index contributed by atoms with van der Waals surface area (Å²) < 4.78 is 18.1. The van der Waals surface area contributed by atoms with Crippen LogP contribution in [0.5, 0.6) is 17.2 Å². The molecule has 11 heteroatoms. The molecule has 1 aliphatic rings. The van der Waals surface area contributed by atoms with Gasteiger partial charge in [0.25, 0.3) is 5.91 Å². The Morgan fingerprint density at radius 2 is 1.69 bits per heavy atom. The first-order chi connectivity index (χ1) is 17.7. The maximum Gasteiger partial charge on any atom is 0.260 e. The van der Waals surface area contributed by atoms with Crippen LogP contribution in [0.25, 0.3) is 16.9 Å². The number of hydrogen-bond acceptors (Lipinski definition) is 9. The maximum absolute atomic E-state index is 12.7. The summed E-state index contributed by atoms with van der Waals surface area (Å²) in [7, 11) is 1.62. The number of anilines is 1. The molecule has 11 nitrogen and oxygen atoms in total. The fourth-order valence-corrected chi connectivity index (χ4v) is 4.09. The van der Waals surface area contributed by atoms with Crippen LogP contribution in [0, 0.1) is 0 Å². The van der Waals surface area contributed by atoms with Crippen molar-refractivity contribution in [2.24, 2.45) is 0 Å². The van der Waals surface area contributed by atoms with Gasteiger partial charge < -0.3 is 24.0 Å². The van der Waals surface area contributed by atoms with E-state index in [1.54, 1.807) is 28.8 Å². The Hall–Kier alpha value is -4.41. The molecular weight excluding hydrogens is 462 g/mol. The van der Waals surface area contributed by atoms with Crippen LogP contribution in [0.1, 0.15) is 6.92 Å². The Kier molecular flexibility index (Phi) is 6.78. The number of piperazine rings is 1. The minimum Gasteiger partial charge on any atom is -0.497 e. The van der Waals surface area contributed by atoms with E-state index in [4.69, 9.17) is 14.2 Å². The molecule has 0 atom stereocenters. The average Bonchev–Trinajstić information content (AvgIpc) is 3.37. The second-order valence-electron chi connectivity index (χ2n) is 8.13. The van der Waals surface area contributed by atoms with Crippen LogP contribution in [0.4, 0.5) is 5.82 Å². The van der Waals surface area contributed by atoms with Gasteiger partial charge in [0.05, 0.1) is 19.4 Å². The van der Waals surface area contributed by atoms with Crippen molar-refractivity contribution < 1.29 is 19.0 Å². The minimum absolute atomic E-state index is 0.0133. The van der Waals surface area contributed by atoms with Gasteiger partial charge >= 0.3 is 0 Å². The second kappa shape index (κ2) is 10.5. The first-order valence-corrected chi connectivity index (χ1v) is 11.8. The van der Waals surface area contributed by atoms with Gasteiger partial charge in [-0.2, -0.15) is 4.68 Å². The highest BCUT2D eigenvalue weighted by atomic mass is 16.5. The molecule has 36 heavy (non-hydrogen) atoms. The smallest absolute Gasteiger partial charge is 0.260 e. The van der Waals surface area contributed by atoms with Crippen molar-refractivity contribution >= 4 is 22.9 Å². The number of carbonyl (C=O) groups excluding carboxylic acids is 1. The van der Waals surface area contributed by atoms with Crippen molar-refractivity contribution in [2.45, 2.75) is 6.92 Å². The van der Waals surface area contributed by atoms with E-state index in [1.807, 2.05) is 43.3 Å². The van der Waals surface area contributed by atoms with Gasteiger partial charge in [0.15, 0.2) is 23.6 Å². The number of benzene rings is 2. The number of ether oxygens (including phenoxy) is 3. The number of hydrogen-bond donors (Lipinski definition) is 0. The van der Waals surface area contributed by atoms with Crippen LogP contribution in [0.15, 0.2) is 54.9 Å². The molecule has 0 saturated carbocycles. The van der Waals surface area contributed by atoms with E-state index in [2.05, 4.69) is 25.2 Å². The summed E-state index contributed by atoms with van der Waals surface area (Å²) in [5.74, 6) is 2.77. The van der Waals surface area contributed by atoms with Gasteiger partial charge in [0, 0.05) is 32.2 Å². The Labute approximate surface area is 208 Å². The molecule has 1 amide bonds. The van der Waals surface area contributed by atoms with Crippen molar-refractivity contribution in [2.75, 3.05) is 51.4 Å². The fraction of sp³-hybridized carbons (Fsp3) is 0.320. The topological polar surface area (TPSA) is 108 Å². The van der Waals surface area contributed by atoms with E-state index in [0.717, 1.165) is 17.2 Å². The molecule has 2 aromatic carbocycles. The molecule has 0 aliphatic carbocycles. The number of rotatable bonds is 8. The van der Waals surface area contributed by atoms with Crippen molar-refractivity contribution in [3.8, 4) is 22.9 Å². The first-order valence-electron chi connectivity index (χ1n) is 11.8. The van der Waals surface area contributed by atoms with E-state index in [-0.39, 0.29) is 12.5 Å². The summed E-state index contributed by atoms with van der Waals surface area (Å²) in [5.41, 5.74) is 2.01. The molecule has 3 heterocycles. The number of methoxy groups -OCH3 is 1. The van der Waals surface area contributed by atoms with Gasteiger partial charge in [-0.3, -0.25) is 4.79 Å². The van der Waals surface area contributed by atoms with Crippen LogP contribution >= 0.6 is 0 Å². The van der Waals surface area contributed by atoms with Crippen LogP contribution in [0.3, 0.4) is 0 Å². The van der Waals surface area contributed by atoms with Crippen LogP contribution in [-0.2, 0) is 4.79 Å². The third-order valence-corrected chi connectivity index (χ3v) is 5.95. The zero-order chi connectivity index (χ0) is 24.9. The summed E-state index contributed by atoms with van der Waals surface area (Å²) in [6, 6.07) is 14.8. The fourth-order valence-electron chi connectivity index (χ4n) is 4.09. The third kappa shape index (κ3) is 4.85. The predicted molar refractivity (Wildman–Crippen MR) is 133 cm³/mol. The third-order valence-electron chi connectivity index (χ3n) is 5.95. The van der Waals surface area contributed by atoms with Crippen molar-refractivity contribution in [1.82, 2.24) is 29.9 Å². The van der Waals surface area contributed by atoms with Gasteiger partial charge in [-0.1, -0.05) is 11.3 Å². The zero-order valence-electron chi connectivity index (χ0n) is 20.2. The maximum atomic E-state index is 12.7. The van der Waals surface area contributed by atoms with Crippen molar-refractivity contribution in [3.63, 3.8) is 0 Å². The number of carbonyl (C=O) groups is 1. The Morgan fingerprint density at radius 1 is 0.944 bits per heavy atom. The lowest BCUT2D eigenvalue weighted by Crippen LogP contribution is -2.50. The van der Waals surface area contributed by atoms with Gasteiger partial charge in [-0.25, -0.2) is 9.97 Å². The molecule has 4 aromatic rings. The molecule has 0 unspecified atom stereocenters. The van der Waals surface area contributed by atoms with Gasteiger partial charge in [-0.05, 0) is 43.3 Å². The number of amides is 1. The molecule has 2 aromatic heterocycles. The molecule has 1 fully saturated rings. The van der Waals surface area contributed by atoms with Crippen LogP contribution in [0.2, 0.25) is 0 Å². The predicted octanol–water partition coefficient (Wildman–Crippen LogP) is 2.35. The average molecular weight is 490 g/mol. The van der Waals surface area contributed by atoms with E-state index in [0.29, 0.717) is 55.5 Å². The van der Waals surface area contributed by atoms with Crippen molar-refractivity contribution in [3.05, 3.63) is 54.9 Å². The zero-order valence-corrected chi connectivity index (χ0v) is 20.2. The number of fused-ring (bicyclic) bond motifs is 1. The summed E-state index contributed by atoms with van der Waals surface area (Å²) in [6.45, 7) is 4.87. The highest BCUT2D eigenvalue weighted by molar-refractivity contribution is 5.84. The first kappa shape index (κ1) is 23.3. The van der Waals surface area contributed by atoms with Crippen LogP contribution in [-0.4, -0.2) is 82.3 Å². The lowest BCUT2D eigenvalue weighted by atomic mass is 10.3. The molecule has 1 saturated heterocycles. The molecule has 1 aliphatic heterocycles. The monoisotopic (exact) mass is 489 g/mol. The van der Waals surface area contributed by atoms with Gasteiger partial charge in [0.1, 0.15) is 23.6 Å². The van der Waals surface area contributed by atoms with Crippen LogP contribution < -0.4 is 19.1 Å². The molecule has 0 N–H and O–H groups in total. The second-order valence-corrected chi connectivity index (χ2v) is 8.13. The molecule has 5 rings (SSSR count). The Bertz CT molecular complexity index is 1330. The number of nitrogens with zero attached hydrogens (tertiary/aromatic N) is 7. The number of aromatic nitrogens is 5. The lowest BCUT2D eigenvalue weighted by Gasteiger charge is -2.35. The van der Waals surface area contributed by atoms with Gasteiger partial charge in [-0.15, -0.1) is 5.10 Å². The molecule has 186 valence electrons. The van der Waals surface area contributed by atoms with Crippen molar-refractivity contribution in [1.29, 1.82) is 0 Å². The summed E-state index contributed by atoms with van der Waals surface area (Å²) >= 11 is 0. The standard InChI is InChI=1S/C25H27N7O4/c1-3-35-19-7-9-20(10-8-19)36-16-22(33)30-11-13-31(14-12-30)24-23-25(27-17-26-24)32(29-28-23)18-5-4-6-21(15-18)34-2/h4-10,15,17H,3,11-14,16H2,1-2H3. The summed E-state index contributed by atoms with van der Waals surface area (Å²) in [4.78, 5) is 25.5. The molecule has 0 radical (unpaired) electrons. The Morgan fingerprint density at radius 3 is 2.42 bits per heavy atom. The normalized spacial score (nSPS) is 13.6. The molecule has 0 spiro atoms. The minimum atomic E-state index is -0.0552. The van der Waals surface area contributed by atoms with E-state index >= 15 is 0 Å². The highest BCUT2D eigenvalue weighted by Gasteiger charge is 2.25. The highest BCUT2D eigenvalue weighted by Crippen LogP contribution is 2.25. The quantitative estimate of drug-likeness (QED) is 0.368. The summed E-state index contributed by atoms with van der Waals surface area (Å²) in [6.07, 6.45) is 1.51. The largest absolute Gasteiger partial charge is 0.497 e. The molecular formula is C25H27N7O4. The van der Waals surface area contributed by atoms with E-state index in [1.165, 1.54) is 6.33 Å². The van der Waals surface area contributed by atoms with E-state index in [9.17, 15) is 4.79 Å². The van der Waals surface area contributed by atoms with Gasteiger partial charge in [0.2, 0.25) is 0 Å². The lowest BCUT2D eigenvalue weighted by molar-refractivity contribution is -0.133. The van der Waals surface area contributed by atoms with E-state index < -0.39 is 0 Å². The summed E-state index contributed by atoms with van der Waals surface area (Å²) in [5, 5.41) is 8.66. The molecule has 0 bridgehead atoms. The Balaban J connectivity index is 1.22. The SMILES string of the molecule is CCOc1ccc(OCC(=O)N2CCN(c3ncnc4c3nnn4-c3cccc(OC)c3)CC2)cc1.